The van der Waals surface area contributed by atoms with Gasteiger partial charge in [-0.3, -0.25) is 4.40 Å². The van der Waals surface area contributed by atoms with E-state index in [1.165, 1.54) is 12.8 Å². The molecule has 88 valence electrons. The van der Waals surface area contributed by atoms with Gasteiger partial charge in [0.05, 0.1) is 5.52 Å². The average Bonchev–Trinajstić information content (AvgIpc) is 2.95. The molecule has 0 aromatic carbocycles. The zero-order valence-corrected chi connectivity index (χ0v) is 9.33. The molecule has 5 heteroatoms. The van der Waals surface area contributed by atoms with E-state index in [4.69, 9.17) is 5.11 Å². The van der Waals surface area contributed by atoms with Crippen LogP contribution < -0.4 is 0 Å². The quantitative estimate of drug-likeness (QED) is 0.859. The van der Waals surface area contributed by atoms with Crippen LogP contribution in [0.2, 0.25) is 0 Å². The van der Waals surface area contributed by atoms with Gasteiger partial charge < -0.3 is 5.11 Å². The molecule has 1 fully saturated rings. The molecular formula is C12H13N3O2. The Labute approximate surface area is 98.1 Å². The summed E-state index contributed by atoms with van der Waals surface area (Å²) < 4.78 is 1.82. The summed E-state index contributed by atoms with van der Waals surface area (Å²) in [5, 5.41) is 9.14. The molecule has 2 heterocycles. The van der Waals surface area contributed by atoms with Gasteiger partial charge in [0.2, 0.25) is 0 Å². The first-order chi connectivity index (χ1) is 8.27. The smallest absolute Gasteiger partial charge is 0.356 e. The number of rotatable bonds is 2. The number of carboxylic acids is 1. The monoisotopic (exact) mass is 231 g/mol. The Hall–Kier alpha value is -1.91. The molecule has 5 nitrogen and oxygen atoms in total. The lowest BCUT2D eigenvalue weighted by Gasteiger charge is -2.06. The van der Waals surface area contributed by atoms with Crippen molar-refractivity contribution in [3.05, 3.63) is 30.1 Å². The Balaban J connectivity index is 2.20. The summed E-state index contributed by atoms with van der Waals surface area (Å²) in [6.07, 6.45) is 7.83. The number of carbonyl (C=O) groups is 1. The van der Waals surface area contributed by atoms with Gasteiger partial charge in [0, 0.05) is 12.1 Å². The van der Waals surface area contributed by atoms with Crippen molar-refractivity contribution in [1.82, 2.24) is 14.4 Å². The van der Waals surface area contributed by atoms with Gasteiger partial charge in [0.1, 0.15) is 12.2 Å². The highest BCUT2D eigenvalue weighted by Gasteiger charge is 2.25. The van der Waals surface area contributed by atoms with Crippen molar-refractivity contribution in [2.45, 2.75) is 31.6 Å². The minimum Gasteiger partial charge on any atom is -0.476 e. The van der Waals surface area contributed by atoms with Crippen LogP contribution in [0.1, 0.15) is 47.9 Å². The molecule has 0 bridgehead atoms. The van der Waals surface area contributed by atoms with E-state index < -0.39 is 5.97 Å². The third kappa shape index (κ3) is 1.58. The van der Waals surface area contributed by atoms with Gasteiger partial charge in [-0.2, -0.15) is 0 Å². The second kappa shape index (κ2) is 3.84. The first kappa shape index (κ1) is 10.3. The Morgan fingerprint density at radius 2 is 2.18 bits per heavy atom. The number of carboxylic acid groups (broad SMARTS) is 1. The van der Waals surface area contributed by atoms with Crippen molar-refractivity contribution in [2.24, 2.45) is 0 Å². The molecule has 2 aromatic heterocycles. The summed E-state index contributed by atoms with van der Waals surface area (Å²) in [6, 6.07) is 1.70. The molecule has 2 aromatic rings. The largest absolute Gasteiger partial charge is 0.476 e. The maximum absolute atomic E-state index is 11.1. The maximum Gasteiger partial charge on any atom is 0.356 e. The SMILES string of the molecule is O=C(O)c1nc(C2CCCC2)n2cnccc12. The van der Waals surface area contributed by atoms with Crippen LogP contribution in [0.15, 0.2) is 18.6 Å². The van der Waals surface area contributed by atoms with Crippen molar-refractivity contribution in [3.63, 3.8) is 0 Å². The van der Waals surface area contributed by atoms with E-state index in [0.717, 1.165) is 18.7 Å². The molecule has 0 atom stereocenters. The zero-order chi connectivity index (χ0) is 11.8. The molecular weight excluding hydrogens is 218 g/mol. The zero-order valence-electron chi connectivity index (χ0n) is 9.33. The van der Waals surface area contributed by atoms with Crippen molar-refractivity contribution >= 4 is 11.5 Å². The van der Waals surface area contributed by atoms with Gasteiger partial charge in [-0.25, -0.2) is 14.8 Å². The predicted octanol–water partition coefficient (Wildman–Crippen LogP) is 2.09. The summed E-state index contributed by atoms with van der Waals surface area (Å²) in [7, 11) is 0. The van der Waals surface area contributed by atoms with Gasteiger partial charge in [-0.05, 0) is 18.9 Å². The number of hydrogen-bond acceptors (Lipinski definition) is 3. The minimum absolute atomic E-state index is 0.134. The normalized spacial score (nSPS) is 16.7. The fourth-order valence-corrected chi connectivity index (χ4v) is 2.59. The van der Waals surface area contributed by atoms with E-state index in [1.54, 1.807) is 18.6 Å². The number of fused-ring (bicyclic) bond motifs is 1. The van der Waals surface area contributed by atoms with Gasteiger partial charge >= 0.3 is 5.97 Å². The van der Waals surface area contributed by atoms with E-state index in [-0.39, 0.29) is 5.69 Å². The van der Waals surface area contributed by atoms with Crippen LogP contribution in [0.5, 0.6) is 0 Å². The minimum atomic E-state index is -0.974. The molecule has 0 spiro atoms. The molecule has 1 saturated carbocycles. The first-order valence-corrected chi connectivity index (χ1v) is 5.82. The Kier molecular flexibility index (Phi) is 2.31. The summed E-state index contributed by atoms with van der Waals surface area (Å²) in [5.41, 5.74) is 0.767. The first-order valence-electron chi connectivity index (χ1n) is 5.82. The molecule has 0 saturated heterocycles. The van der Waals surface area contributed by atoms with Crippen LogP contribution in [0.4, 0.5) is 0 Å². The van der Waals surface area contributed by atoms with Crippen LogP contribution in [-0.4, -0.2) is 25.4 Å². The molecule has 1 aliphatic carbocycles. The highest BCUT2D eigenvalue weighted by molar-refractivity contribution is 5.93. The Morgan fingerprint density at radius 1 is 1.41 bits per heavy atom. The fourth-order valence-electron chi connectivity index (χ4n) is 2.59. The summed E-state index contributed by atoms with van der Waals surface area (Å²) in [6.45, 7) is 0. The van der Waals surface area contributed by atoms with Crippen LogP contribution in [0.3, 0.4) is 0 Å². The van der Waals surface area contributed by atoms with Crippen molar-refractivity contribution in [3.8, 4) is 0 Å². The van der Waals surface area contributed by atoms with E-state index in [0.29, 0.717) is 11.4 Å². The van der Waals surface area contributed by atoms with E-state index in [9.17, 15) is 4.79 Å². The van der Waals surface area contributed by atoms with Crippen molar-refractivity contribution < 1.29 is 9.90 Å². The highest BCUT2D eigenvalue weighted by atomic mass is 16.4. The standard InChI is InChI=1S/C12H13N3O2/c16-12(17)10-9-5-6-13-7-15(9)11(14-10)8-3-1-2-4-8/h5-8H,1-4H2,(H,16,17). The molecule has 17 heavy (non-hydrogen) atoms. The number of nitrogens with zero attached hydrogens (tertiary/aromatic N) is 3. The van der Waals surface area contributed by atoms with E-state index in [1.807, 2.05) is 4.40 Å². The average molecular weight is 231 g/mol. The Morgan fingerprint density at radius 3 is 2.88 bits per heavy atom. The summed E-state index contributed by atoms with van der Waals surface area (Å²) in [5.74, 6) is 0.251. The second-order valence-electron chi connectivity index (χ2n) is 4.44. The number of aromatic carboxylic acids is 1. The van der Waals surface area contributed by atoms with Crippen LogP contribution in [0.25, 0.3) is 5.52 Å². The number of hydrogen-bond donors (Lipinski definition) is 1. The summed E-state index contributed by atoms with van der Waals surface area (Å²) in [4.78, 5) is 19.5. The van der Waals surface area contributed by atoms with Gasteiger partial charge in [-0.15, -0.1) is 0 Å². The van der Waals surface area contributed by atoms with Crippen LogP contribution in [0, 0.1) is 0 Å². The topological polar surface area (TPSA) is 67.5 Å². The molecule has 0 amide bonds. The third-order valence-corrected chi connectivity index (χ3v) is 3.40. The van der Waals surface area contributed by atoms with Crippen molar-refractivity contribution in [2.75, 3.05) is 0 Å². The van der Waals surface area contributed by atoms with Crippen LogP contribution in [-0.2, 0) is 0 Å². The maximum atomic E-state index is 11.1. The molecule has 0 radical (unpaired) electrons. The summed E-state index contributed by atoms with van der Waals surface area (Å²) >= 11 is 0. The molecule has 0 unspecified atom stereocenters. The van der Waals surface area contributed by atoms with E-state index in [2.05, 4.69) is 9.97 Å². The molecule has 0 aliphatic heterocycles. The highest BCUT2D eigenvalue weighted by Crippen LogP contribution is 2.34. The molecule has 3 rings (SSSR count). The fraction of sp³-hybridized carbons (Fsp3) is 0.417. The predicted molar refractivity (Wildman–Crippen MR) is 61.2 cm³/mol. The van der Waals surface area contributed by atoms with Crippen molar-refractivity contribution in [1.29, 1.82) is 0 Å². The molecule has 1 N–H and O–H groups in total. The van der Waals surface area contributed by atoms with Gasteiger partial charge in [0.15, 0.2) is 5.69 Å². The number of imidazole rings is 1. The molecule has 1 aliphatic rings. The van der Waals surface area contributed by atoms with Gasteiger partial charge in [-0.1, -0.05) is 12.8 Å². The van der Waals surface area contributed by atoms with Crippen LogP contribution >= 0.6 is 0 Å². The lowest BCUT2D eigenvalue weighted by molar-refractivity contribution is 0.0693. The van der Waals surface area contributed by atoms with E-state index >= 15 is 0 Å². The van der Waals surface area contributed by atoms with Gasteiger partial charge in [0.25, 0.3) is 0 Å². The third-order valence-electron chi connectivity index (χ3n) is 3.40. The second-order valence-corrected chi connectivity index (χ2v) is 4.44. The number of aromatic nitrogens is 3. The lowest BCUT2D eigenvalue weighted by atomic mass is 10.1. The Bertz CT molecular complexity index is 570. The lowest BCUT2D eigenvalue weighted by Crippen LogP contribution is -2.00.